The molecule has 0 saturated carbocycles. The van der Waals surface area contributed by atoms with Crippen molar-refractivity contribution in [2.45, 2.75) is 18.9 Å². The number of benzene rings is 1. The minimum absolute atomic E-state index is 0.0725. The van der Waals surface area contributed by atoms with Gasteiger partial charge in [0.25, 0.3) is 0 Å². The minimum atomic E-state index is -0.204. The van der Waals surface area contributed by atoms with Gasteiger partial charge in [0.1, 0.15) is 0 Å². The van der Waals surface area contributed by atoms with Crippen molar-refractivity contribution in [2.24, 2.45) is 0 Å². The second-order valence-electron chi connectivity index (χ2n) is 4.22. The first kappa shape index (κ1) is 13.2. The van der Waals surface area contributed by atoms with Crippen LogP contribution < -0.4 is 5.32 Å². The van der Waals surface area contributed by atoms with E-state index in [1.54, 1.807) is 13.2 Å². The van der Waals surface area contributed by atoms with Gasteiger partial charge in [-0.3, -0.25) is 9.59 Å². The van der Waals surface area contributed by atoms with Crippen LogP contribution in [0.2, 0.25) is 0 Å². The second kappa shape index (κ2) is 5.63. The first-order chi connectivity index (χ1) is 8.61. The van der Waals surface area contributed by atoms with Crippen LogP contribution in [0.3, 0.4) is 0 Å². The van der Waals surface area contributed by atoms with Crippen LogP contribution in [0.15, 0.2) is 22.7 Å². The van der Waals surface area contributed by atoms with Crippen molar-refractivity contribution in [1.29, 1.82) is 0 Å². The molecule has 0 bridgehead atoms. The molecule has 0 spiro atoms. The summed E-state index contributed by atoms with van der Waals surface area (Å²) in [6.07, 6.45) is 0.650. The van der Waals surface area contributed by atoms with Crippen LogP contribution in [0.4, 0.5) is 0 Å². The van der Waals surface area contributed by atoms with Crippen LogP contribution >= 0.6 is 15.9 Å². The van der Waals surface area contributed by atoms with E-state index in [-0.39, 0.29) is 17.7 Å². The summed E-state index contributed by atoms with van der Waals surface area (Å²) in [4.78, 5) is 23.5. The third-order valence-corrected chi connectivity index (χ3v) is 3.44. The zero-order valence-electron chi connectivity index (χ0n) is 10.0. The van der Waals surface area contributed by atoms with E-state index in [4.69, 9.17) is 4.74 Å². The van der Waals surface area contributed by atoms with Crippen molar-refractivity contribution in [1.82, 2.24) is 5.32 Å². The molecule has 1 aliphatic rings. The van der Waals surface area contributed by atoms with Gasteiger partial charge in [-0.2, -0.15) is 0 Å². The molecule has 1 amide bonds. The summed E-state index contributed by atoms with van der Waals surface area (Å²) < 4.78 is 5.73. The number of fused-ring (bicyclic) bond motifs is 1. The van der Waals surface area contributed by atoms with E-state index in [1.165, 1.54) is 0 Å². The topological polar surface area (TPSA) is 55.4 Å². The van der Waals surface area contributed by atoms with Crippen LogP contribution in [-0.2, 0) is 9.53 Å². The summed E-state index contributed by atoms with van der Waals surface area (Å²) in [6, 6.07) is 5.36. The average molecular weight is 312 g/mol. The summed E-state index contributed by atoms with van der Waals surface area (Å²) in [5.74, 6) is -0.0197. The van der Waals surface area contributed by atoms with Gasteiger partial charge in [0, 0.05) is 30.0 Å². The van der Waals surface area contributed by atoms with E-state index >= 15 is 0 Å². The molecule has 1 aliphatic carbocycles. The highest BCUT2D eigenvalue weighted by atomic mass is 79.9. The fourth-order valence-corrected chi connectivity index (χ4v) is 2.43. The molecule has 1 atom stereocenters. The van der Waals surface area contributed by atoms with Crippen molar-refractivity contribution >= 4 is 27.6 Å². The van der Waals surface area contributed by atoms with E-state index in [1.807, 2.05) is 12.1 Å². The van der Waals surface area contributed by atoms with Crippen molar-refractivity contribution in [2.75, 3.05) is 13.7 Å². The van der Waals surface area contributed by atoms with Gasteiger partial charge in [0.05, 0.1) is 12.6 Å². The van der Waals surface area contributed by atoms with E-state index < -0.39 is 0 Å². The van der Waals surface area contributed by atoms with Crippen molar-refractivity contribution in [3.8, 4) is 0 Å². The molecule has 1 unspecified atom stereocenters. The molecule has 2 rings (SSSR count). The van der Waals surface area contributed by atoms with Gasteiger partial charge in [-0.1, -0.05) is 22.0 Å². The number of carbonyl (C=O) groups excluding carboxylic acids is 2. The SMILES string of the molecule is COCCC(=O)NC1CC(=O)c2cc(Br)ccc21. The molecule has 0 aliphatic heterocycles. The maximum atomic E-state index is 11.8. The van der Waals surface area contributed by atoms with E-state index in [0.717, 1.165) is 10.0 Å². The zero-order valence-corrected chi connectivity index (χ0v) is 11.6. The summed E-state index contributed by atoms with van der Waals surface area (Å²) in [6.45, 7) is 0.389. The largest absolute Gasteiger partial charge is 0.384 e. The number of halogens is 1. The summed E-state index contributed by atoms with van der Waals surface area (Å²) in [5, 5.41) is 2.86. The number of nitrogens with one attached hydrogen (secondary N) is 1. The van der Waals surface area contributed by atoms with Gasteiger partial charge in [0.15, 0.2) is 5.78 Å². The fraction of sp³-hybridized carbons (Fsp3) is 0.385. The Hall–Kier alpha value is -1.20. The number of carbonyl (C=O) groups is 2. The van der Waals surface area contributed by atoms with Crippen LogP contribution in [0.5, 0.6) is 0 Å². The molecule has 0 saturated heterocycles. The Kier molecular flexibility index (Phi) is 4.14. The van der Waals surface area contributed by atoms with Gasteiger partial charge < -0.3 is 10.1 Å². The summed E-state index contributed by atoms with van der Waals surface area (Å²) in [5.41, 5.74) is 1.59. The Bertz CT molecular complexity index is 487. The molecular formula is C13H14BrNO3. The quantitative estimate of drug-likeness (QED) is 0.927. The monoisotopic (exact) mass is 311 g/mol. The molecule has 1 aromatic rings. The first-order valence-electron chi connectivity index (χ1n) is 5.72. The van der Waals surface area contributed by atoms with E-state index in [2.05, 4.69) is 21.2 Å². The van der Waals surface area contributed by atoms with Gasteiger partial charge in [0.2, 0.25) is 5.91 Å². The highest BCUT2D eigenvalue weighted by molar-refractivity contribution is 9.10. The van der Waals surface area contributed by atoms with E-state index in [9.17, 15) is 9.59 Å². The number of ketones is 1. The number of hydrogen-bond donors (Lipinski definition) is 1. The normalized spacial score (nSPS) is 17.7. The average Bonchev–Trinajstić information content (AvgIpc) is 2.63. The minimum Gasteiger partial charge on any atom is -0.384 e. The van der Waals surface area contributed by atoms with Gasteiger partial charge in [-0.15, -0.1) is 0 Å². The second-order valence-corrected chi connectivity index (χ2v) is 5.14. The smallest absolute Gasteiger partial charge is 0.222 e. The van der Waals surface area contributed by atoms with Crippen LogP contribution in [-0.4, -0.2) is 25.4 Å². The predicted molar refractivity (Wildman–Crippen MR) is 70.5 cm³/mol. The Labute approximate surface area is 114 Å². The lowest BCUT2D eigenvalue weighted by Crippen LogP contribution is -2.28. The number of rotatable bonds is 4. The molecule has 18 heavy (non-hydrogen) atoms. The lowest BCUT2D eigenvalue weighted by atomic mass is 10.1. The van der Waals surface area contributed by atoms with Crippen molar-refractivity contribution < 1.29 is 14.3 Å². The van der Waals surface area contributed by atoms with Gasteiger partial charge >= 0.3 is 0 Å². The molecule has 0 aromatic heterocycles. The standard InChI is InChI=1S/C13H14BrNO3/c1-18-5-4-13(17)15-11-7-12(16)10-6-8(14)2-3-9(10)11/h2-3,6,11H,4-5,7H2,1H3,(H,15,17). The number of ether oxygens (including phenoxy) is 1. The Morgan fingerprint density at radius 1 is 1.56 bits per heavy atom. The fourth-order valence-electron chi connectivity index (χ4n) is 2.07. The zero-order chi connectivity index (χ0) is 13.1. The maximum absolute atomic E-state index is 11.8. The molecule has 4 nitrogen and oxygen atoms in total. The van der Waals surface area contributed by atoms with Gasteiger partial charge in [-0.25, -0.2) is 0 Å². The van der Waals surface area contributed by atoms with Crippen LogP contribution in [0.1, 0.15) is 34.8 Å². The lowest BCUT2D eigenvalue weighted by molar-refractivity contribution is -0.122. The number of methoxy groups -OCH3 is 1. The number of amides is 1. The highest BCUT2D eigenvalue weighted by Crippen LogP contribution is 2.32. The Balaban J connectivity index is 2.10. The first-order valence-corrected chi connectivity index (χ1v) is 6.52. The molecule has 0 heterocycles. The van der Waals surface area contributed by atoms with Crippen LogP contribution in [0, 0.1) is 0 Å². The maximum Gasteiger partial charge on any atom is 0.222 e. The summed E-state index contributed by atoms with van der Waals surface area (Å²) in [7, 11) is 1.55. The molecular weight excluding hydrogens is 298 g/mol. The number of Topliss-reactive ketones (excluding diaryl/α,β-unsaturated/α-hetero) is 1. The van der Waals surface area contributed by atoms with E-state index in [0.29, 0.717) is 25.0 Å². The third-order valence-electron chi connectivity index (χ3n) is 2.95. The van der Waals surface area contributed by atoms with Crippen LogP contribution in [0.25, 0.3) is 0 Å². The highest BCUT2D eigenvalue weighted by Gasteiger charge is 2.30. The molecule has 96 valence electrons. The lowest BCUT2D eigenvalue weighted by Gasteiger charge is -2.13. The Morgan fingerprint density at radius 2 is 2.33 bits per heavy atom. The molecule has 1 N–H and O–H groups in total. The third kappa shape index (κ3) is 2.79. The molecule has 1 aromatic carbocycles. The predicted octanol–water partition coefficient (Wildman–Crippen LogP) is 2.23. The molecule has 0 radical (unpaired) electrons. The Morgan fingerprint density at radius 3 is 3.06 bits per heavy atom. The molecule has 5 heteroatoms. The van der Waals surface area contributed by atoms with Crippen molar-refractivity contribution in [3.05, 3.63) is 33.8 Å². The van der Waals surface area contributed by atoms with Gasteiger partial charge in [-0.05, 0) is 17.7 Å². The summed E-state index contributed by atoms with van der Waals surface area (Å²) >= 11 is 3.34. The number of hydrogen-bond acceptors (Lipinski definition) is 3. The molecule has 0 fully saturated rings. The van der Waals surface area contributed by atoms with Crippen molar-refractivity contribution in [3.63, 3.8) is 0 Å².